The van der Waals surface area contributed by atoms with Gasteiger partial charge in [-0.25, -0.2) is 0 Å². The topological polar surface area (TPSA) is 49.4 Å². The smallest absolute Gasteiger partial charge is 0.114 e. The number of hydrogen-bond donors (Lipinski definition) is 2. The predicted molar refractivity (Wildman–Crippen MR) is 112 cm³/mol. The van der Waals surface area contributed by atoms with Crippen molar-refractivity contribution in [2.75, 3.05) is 28.7 Å². The maximum Gasteiger partial charge on any atom is 0.114 e. The van der Waals surface area contributed by atoms with Crippen molar-refractivity contribution in [3.63, 3.8) is 0 Å². The number of ether oxygens (including phenoxy) is 1. The fourth-order valence-corrected chi connectivity index (χ4v) is 5.09. The molecule has 1 unspecified atom stereocenters. The number of thioether (sulfide) groups is 1. The molecule has 6 heteroatoms. The predicted octanol–water partition coefficient (Wildman–Crippen LogP) is 4.45. The van der Waals surface area contributed by atoms with Gasteiger partial charge in [0.15, 0.2) is 0 Å². The molecule has 0 bridgehead atoms. The number of hydrogen-bond acceptors (Lipinski definition) is 4. The summed E-state index contributed by atoms with van der Waals surface area (Å²) in [4.78, 5) is 8.51. The zero-order chi connectivity index (χ0) is 16.4. The van der Waals surface area contributed by atoms with Gasteiger partial charge in [0.05, 0.1) is 22.9 Å². The minimum atomic E-state index is 0.480. The lowest BCUT2D eigenvalue weighted by molar-refractivity contribution is 0.0905. The van der Waals surface area contributed by atoms with Crippen LogP contribution in [0.4, 0.5) is 5.69 Å². The number of benzene rings is 1. The van der Waals surface area contributed by atoms with Gasteiger partial charge in [0.25, 0.3) is 0 Å². The summed E-state index contributed by atoms with van der Waals surface area (Å²) in [6.45, 7) is 1.71. The van der Waals surface area contributed by atoms with E-state index in [9.17, 15) is 0 Å². The molecular weight excluding hydrogens is 433 g/mol. The molecule has 4 nitrogen and oxygen atoms in total. The molecule has 2 aliphatic heterocycles. The molecule has 2 aromatic rings. The maximum absolute atomic E-state index is 5.46. The summed E-state index contributed by atoms with van der Waals surface area (Å²) in [6, 6.07) is 9.69. The molecule has 3 heterocycles. The first kappa shape index (κ1) is 16.7. The minimum absolute atomic E-state index is 0.480. The van der Waals surface area contributed by atoms with E-state index in [1.807, 2.05) is 11.8 Å². The van der Waals surface area contributed by atoms with E-state index in [1.165, 1.54) is 27.4 Å². The number of alkyl halides is 1. The lowest BCUT2D eigenvalue weighted by Gasteiger charge is -2.24. The Morgan fingerprint density at radius 2 is 2.21 bits per heavy atom. The van der Waals surface area contributed by atoms with Gasteiger partial charge in [-0.1, -0.05) is 34.7 Å². The Bertz CT molecular complexity index is 739. The molecule has 0 amide bonds. The van der Waals surface area contributed by atoms with Gasteiger partial charge < -0.3 is 15.0 Å². The first-order valence-electron chi connectivity index (χ1n) is 8.56. The van der Waals surface area contributed by atoms with Gasteiger partial charge in [0, 0.05) is 34.8 Å². The van der Waals surface area contributed by atoms with Gasteiger partial charge in [0.1, 0.15) is 5.04 Å². The molecule has 1 saturated heterocycles. The molecule has 1 fully saturated rings. The SMILES string of the molecule is ICCC1CSC(c2cc3cccc(NC4CCOCC4)c3[nH]2)=N1. The van der Waals surface area contributed by atoms with E-state index in [4.69, 9.17) is 9.73 Å². The molecule has 0 aliphatic carbocycles. The van der Waals surface area contributed by atoms with E-state index in [0.717, 1.165) is 42.5 Å². The highest BCUT2D eigenvalue weighted by Gasteiger charge is 2.21. The quantitative estimate of drug-likeness (QED) is 0.518. The summed E-state index contributed by atoms with van der Waals surface area (Å²) in [5, 5.41) is 6.12. The second kappa shape index (κ2) is 7.66. The van der Waals surface area contributed by atoms with Gasteiger partial charge in [-0.2, -0.15) is 0 Å². The van der Waals surface area contributed by atoms with Gasteiger partial charge in [0.2, 0.25) is 0 Å². The number of H-pyrrole nitrogens is 1. The van der Waals surface area contributed by atoms with Crippen molar-refractivity contribution in [2.24, 2.45) is 4.99 Å². The maximum atomic E-state index is 5.46. The minimum Gasteiger partial charge on any atom is -0.381 e. The van der Waals surface area contributed by atoms with Crippen LogP contribution < -0.4 is 5.32 Å². The first-order valence-corrected chi connectivity index (χ1v) is 11.1. The van der Waals surface area contributed by atoms with Crippen LogP contribution in [0.15, 0.2) is 29.3 Å². The largest absolute Gasteiger partial charge is 0.381 e. The Balaban J connectivity index is 1.59. The van der Waals surface area contributed by atoms with E-state index in [1.54, 1.807) is 0 Å². The number of nitrogens with zero attached hydrogens (tertiary/aromatic N) is 1. The van der Waals surface area contributed by atoms with E-state index in [2.05, 4.69) is 57.2 Å². The average molecular weight is 455 g/mol. The Hall–Kier alpha value is -0.730. The molecule has 0 radical (unpaired) electrons. The van der Waals surface area contributed by atoms with Crippen LogP contribution in [0.25, 0.3) is 10.9 Å². The fraction of sp³-hybridized carbons (Fsp3) is 0.500. The molecule has 0 spiro atoms. The molecule has 24 heavy (non-hydrogen) atoms. The Kier molecular flexibility index (Phi) is 5.34. The summed E-state index contributed by atoms with van der Waals surface area (Å²) in [5.41, 5.74) is 3.55. The first-order chi connectivity index (χ1) is 11.8. The standard InChI is InChI=1S/C18H22IN3OS/c19-7-4-14-11-24-18(21-14)16-10-12-2-1-3-15(17(12)22-16)20-13-5-8-23-9-6-13/h1-3,10,13-14,20,22H,4-9,11H2. The van der Waals surface area contributed by atoms with Gasteiger partial charge >= 0.3 is 0 Å². The molecule has 128 valence electrons. The Morgan fingerprint density at radius 1 is 1.33 bits per heavy atom. The van der Waals surface area contributed by atoms with Crippen molar-refractivity contribution in [2.45, 2.75) is 31.3 Å². The van der Waals surface area contributed by atoms with Crippen molar-refractivity contribution in [3.05, 3.63) is 30.0 Å². The zero-order valence-electron chi connectivity index (χ0n) is 13.6. The number of aromatic nitrogens is 1. The van der Waals surface area contributed by atoms with E-state index in [0.29, 0.717) is 12.1 Å². The van der Waals surface area contributed by atoms with Crippen LogP contribution in [0.2, 0.25) is 0 Å². The Labute approximate surface area is 160 Å². The summed E-state index contributed by atoms with van der Waals surface area (Å²) in [6.07, 6.45) is 3.32. The number of halogens is 1. The number of fused-ring (bicyclic) bond motifs is 1. The van der Waals surface area contributed by atoms with E-state index in [-0.39, 0.29) is 0 Å². The van der Waals surface area contributed by atoms with Crippen molar-refractivity contribution >= 4 is 56.0 Å². The molecule has 4 rings (SSSR count). The number of aromatic amines is 1. The summed E-state index contributed by atoms with van der Waals surface area (Å²) < 4.78 is 6.63. The van der Waals surface area contributed by atoms with Crippen LogP contribution >= 0.6 is 34.4 Å². The number of aliphatic imine (C=N–C) groups is 1. The third kappa shape index (κ3) is 3.60. The van der Waals surface area contributed by atoms with E-state index < -0.39 is 0 Å². The van der Waals surface area contributed by atoms with Gasteiger partial charge in [-0.05, 0) is 31.4 Å². The summed E-state index contributed by atoms with van der Waals surface area (Å²) in [5.74, 6) is 1.11. The third-order valence-corrected chi connectivity index (χ3v) is 6.40. The van der Waals surface area contributed by atoms with Crippen LogP contribution in [0.1, 0.15) is 25.0 Å². The van der Waals surface area contributed by atoms with Crippen molar-refractivity contribution in [1.82, 2.24) is 4.98 Å². The number of anilines is 1. The molecule has 1 aromatic carbocycles. The number of rotatable bonds is 5. The number of nitrogens with one attached hydrogen (secondary N) is 2. The molecule has 2 N–H and O–H groups in total. The van der Waals surface area contributed by atoms with Crippen molar-refractivity contribution in [1.29, 1.82) is 0 Å². The Morgan fingerprint density at radius 3 is 3.04 bits per heavy atom. The fourth-order valence-electron chi connectivity index (χ4n) is 3.29. The lowest BCUT2D eigenvalue weighted by Crippen LogP contribution is -2.27. The van der Waals surface area contributed by atoms with Crippen molar-refractivity contribution < 1.29 is 4.74 Å². The van der Waals surface area contributed by atoms with Crippen molar-refractivity contribution in [3.8, 4) is 0 Å². The van der Waals surface area contributed by atoms with E-state index >= 15 is 0 Å². The van der Waals surface area contributed by atoms with Crippen LogP contribution in [0.3, 0.4) is 0 Å². The normalized spacial score (nSPS) is 22.0. The highest BCUT2D eigenvalue weighted by atomic mass is 127. The van der Waals surface area contributed by atoms with Gasteiger partial charge in [-0.15, -0.1) is 11.8 Å². The third-order valence-electron chi connectivity index (χ3n) is 4.62. The van der Waals surface area contributed by atoms with Crippen LogP contribution in [-0.4, -0.2) is 45.5 Å². The summed E-state index contributed by atoms with van der Waals surface area (Å²) in [7, 11) is 0. The zero-order valence-corrected chi connectivity index (χ0v) is 16.5. The molecule has 1 atom stereocenters. The van der Waals surface area contributed by atoms with Crippen LogP contribution in [0.5, 0.6) is 0 Å². The highest BCUT2D eigenvalue weighted by Crippen LogP contribution is 2.30. The lowest BCUT2D eigenvalue weighted by atomic mass is 10.1. The number of para-hydroxylation sites is 1. The molecule has 1 aromatic heterocycles. The monoisotopic (exact) mass is 455 g/mol. The second-order valence-electron chi connectivity index (χ2n) is 6.36. The van der Waals surface area contributed by atoms with Gasteiger partial charge in [-0.3, -0.25) is 4.99 Å². The second-order valence-corrected chi connectivity index (χ2v) is 8.45. The van der Waals surface area contributed by atoms with Crippen LogP contribution in [0, 0.1) is 0 Å². The average Bonchev–Trinajstić information content (AvgIpc) is 3.23. The molecule has 0 saturated carbocycles. The van der Waals surface area contributed by atoms with Crippen LogP contribution in [-0.2, 0) is 4.74 Å². The molecule has 2 aliphatic rings. The molecular formula is C18H22IN3OS. The summed E-state index contributed by atoms with van der Waals surface area (Å²) >= 11 is 4.32. The highest BCUT2D eigenvalue weighted by molar-refractivity contribution is 14.1.